The highest BCUT2D eigenvalue weighted by atomic mass is 32.2. The smallest absolute Gasteiger partial charge is 0.262 e. The van der Waals surface area contributed by atoms with Crippen LogP contribution in [0.25, 0.3) is 0 Å². The van der Waals surface area contributed by atoms with Crippen molar-refractivity contribution in [3.63, 3.8) is 0 Å². The number of nitrogens with one attached hydrogen (secondary N) is 2. The monoisotopic (exact) mass is 488 g/mol. The molecular weight excluding hydrogens is 464 g/mol. The Morgan fingerprint density at radius 2 is 1.23 bits per heavy atom. The average Bonchev–Trinajstić information content (AvgIpc) is 2.88. The number of ether oxygens (including phenoxy) is 2. The van der Waals surface area contributed by atoms with Gasteiger partial charge in [-0.1, -0.05) is 48.5 Å². The first kappa shape index (κ1) is 23.8. The zero-order valence-corrected chi connectivity index (χ0v) is 19.6. The molecule has 35 heavy (non-hydrogen) atoms. The van der Waals surface area contributed by atoms with Crippen LogP contribution in [-0.4, -0.2) is 20.9 Å². The lowest BCUT2D eigenvalue weighted by Gasteiger charge is -2.10. The highest BCUT2D eigenvalue weighted by molar-refractivity contribution is 7.92. The van der Waals surface area contributed by atoms with E-state index < -0.39 is 10.0 Å². The third-order valence-corrected chi connectivity index (χ3v) is 6.31. The van der Waals surface area contributed by atoms with Gasteiger partial charge in [0.25, 0.3) is 15.9 Å². The van der Waals surface area contributed by atoms with Crippen LogP contribution in [0.2, 0.25) is 0 Å². The van der Waals surface area contributed by atoms with Crippen LogP contribution in [0.15, 0.2) is 114 Å². The van der Waals surface area contributed by atoms with Crippen LogP contribution in [0.1, 0.15) is 5.56 Å². The molecule has 0 aliphatic rings. The summed E-state index contributed by atoms with van der Waals surface area (Å²) in [5.41, 5.74) is 2.15. The van der Waals surface area contributed by atoms with Crippen LogP contribution in [0.5, 0.6) is 11.5 Å². The van der Waals surface area contributed by atoms with Crippen molar-refractivity contribution in [3.05, 3.63) is 115 Å². The first-order valence-corrected chi connectivity index (χ1v) is 12.3. The average molecular weight is 489 g/mol. The molecule has 178 valence electrons. The largest absolute Gasteiger partial charge is 0.489 e. The summed E-state index contributed by atoms with van der Waals surface area (Å²) in [6.45, 7) is 0.239. The maximum atomic E-state index is 12.5. The number of hydrogen-bond donors (Lipinski definition) is 2. The van der Waals surface area contributed by atoms with Crippen molar-refractivity contribution in [3.8, 4) is 11.5 Å². The van der Waals surface area contributed by atoms with Crippen molar-refractivity contribution in [2.24, 2.45) is 0 Å². The van der Waals surface area contributed by atoms with Crippen molar-refractivity contribution in [1.82, 2.24) is 0 Å². The second-order valence-corrected chi connectivity index (χ2v) is 9.26. The van der Waals surface area contributed by atoms with Crippen LogP contribution in [0.4, 0.5) is 11.4 Å². The summed E-state index contributed by atoms with van der Waals surface area (Å²) in [6.07, 6.45) is 0. The van der Waals surface area contributed by atoms with Crippen molar-refractivity contribution < 1.29 is 22.7 Å². The molecule has 4 aromatic carbocycles. The van der Waals surface area contributed by atoms with E-state index in [-0.39, 0.29) is 17.4 Å². The molecule has 4 rings (SSSR count). The Morgan fingerprint density at radius 1 is 0.657 bits per heavy atom. The molecule has 1 amide bonds. The first-order chi connectivity index (χ1) is 17.0. The number of amides is 1. The molecule has 0 aliphatic carbocycles. The van der Waals surface area contributed by atoms with Crippen LogP contribution < -0.4 is 19.5 Å². The first-order valence-electron chi connectivity index (χ1n) is 10.9. The van der Waals surface area contributed by atoms with E-state index >= 15 is 0 Å². The van der Waals surface area contributed by atoms with Gasteiger partial charge in [-0.15, -0.1) is 0 Å². The summed E-state index contributed by atoms with van der Waals surface area (Å²) in [7, 11) is -3.72. The standard InChI is InChI=1S/C27H24N2O5S/c30-27(28-22-11-13-24(14-12-22)33-19-21-7-3-1-4-8-21)20-34-25-15-17-26(18-16-25)35(31,32)29-23-9-5-2-6-10-23/h1-18,29H,19-20H2,(H,28,30). The van der Waals surface area contributed by atoms with E-state index in [0.29, 0.717) is 29.5 Å². The van der Waals surface area contributed by atoms with E-state index in [1.807, 2.05) is 30.3 Å². The van der Waals surface area contributed by atoms with Gasteiger partial charge in [-0.05, 0) is 66.2 Å². The van der Waals surface area contributed by atoms with Gasteiger partial charge < -0.3 is 14.8 Å². The number of carbonyl (C=O) groups excluding carboxylic acids is 1. The molecule has 0 unspecified atom stereocenters. The van der Waals surface area contributed by atoms with Crippen LogP contribution >= 0.6 is 0 Å². The summed E-state index contributed by atoms with van der Waals surface area (Å²) >= 11 is 0. The highest BCUT2D eigenvalue weighted by Gasteiger charge is 2.14. The fraction of sp³-hybridized carbons (Fsp3) is 0.0741. The van der Waals surface area contributed by atoms with Crippen molar-refractivity contribution in [2.45, 2.75) is 11.5 Å². The van der Waals surface area contributed by atoms with Crippen molar-refractivity contribution in [1.29, 1.82) is 0 Å². The molecule has 0 aliphatic heterocycles. The van der Waals surface area contributed by atoms with Crippen LogP contribution in [-0.2, 0) is 21.4 Å². The minimum Gasteiger partial charge on any atom is -0.489 e. The van der Waals surface area contributed by atoms with Crippen LogP contribution in [0, 0.1) is 0 Å². The summed E-state index contributed by atoms with van der Waals surface area (Å²) in [6, 6.07) is 31.4. The maximum absolute atomic E-state index is 12.5. The molecule has 0 saturated carbocycles. The molecule has 0 radical (unpaired) electrons. The van der Waals surface area contributed by atoms with E-state index in [1.165, 1.54) is 24.3 Å². The number of para-hydroxylation sites is 1. The van der Waals surface area contributed by atoms with Gasteiger partial charge in [0.15, 0.2) is 6.61 Å². The van der Waals surface area contributed by atoms with Gasteiger partial charge in [0.2, 0.25) is 0 Å². The normalized spacial score (nSPS) is 10.9. The zero-order chi connectivity index (χ0) is 24.5. The quantitative estimate of drug-likeness (QED) is 0.325. The Hall–Kier alpha value is -4.30. The summed E-state index contributed by atoms with van der Waals surface area (Å²) < 4.78 is 38.7. The Kier molecular flexibility index (Phi) is 7.64. The topological polar surface area (TPSA) is 93.7 Å². The lowest BCUT2D eigenvalue weighted by molar-refractivity contribution is -0.118. The molecule has 0 saturated heterocycles. The number of sulfonamides is 1. The van der Waals surface area contributed by atoms with E-state index in [2.05, 4.69) is 10.0 Å². The van der Waals surface area contributed by atoms with Gasteiger partial charge >= 0.3 is 0 Å². The Labute approximate surface area is 204 Å². The van der Waals surface area contributed by atoms with Gasteiger partial charge in [0, 0.05) is 11.4 Å². The minimum absolute atomic E-state index is 0.0905. The molecule has 0 spiro atoms. The molecule has 0 bridgehead atoms. The third-order valence-electron chi connectivity index (χ3n) is 4.92. The molecular formula is C27H24N2O5S. The van der Waals surface area contributed by atoms with E-state index in [0.717, 1.165) is 5.56 Å². The van der Waals surface area contributed by atoms with Gasteiger partial charge in [-0.25, -0.2) is 8.42 Å². The summed E-state index contributed by atoms with van der Waals surface area (Å²) in [5.74, 6) is 0.730. The predicted octanol–water partition coefficient (Wildman–Crippen LogP) is 5.08. The molecule has 0 heterocycles. The van der Waals surface area contributed by atoms with E-state index in [1.54, 1.807) is 54.6 Å². The van der Waals surface area contributed by atoms with Gasteiger partial charge in [-0.3, -0.25) is 9.52 Å². The van der Waals surface area contributed by atoms with Crippen molar-refractivity contribution in [2.75, 3.05) is 16.6 Å². The van der Waals surface area contributed by atoms with E-state index in [4.69, 9.17) is 9.47 Å². The highest BCUT2D eigenvalue weighted by Crippen LogP contribution is 2.20. The van der Waals surface area contributed by atoms with Gasteiger partial charge in [0.1, 0.15) is 18.1 Å². The molecule has 0 fully saturated rings. The second-order valence-electron chi connectivity index (χ2n) is 7.58. The SMILES string of the molecule is O=C(COc1ccc(S(=O)(=O)Nc2ccccc2)cc1)Nc1ccc(OCc2ccccc2)cc1. The van der Waals surface area contributed by atoms with Crippen LogP contribution in [0.3, 0.4) is 0 Å². The second kappa shape index (κ2) is 11.2. The summed E-state index contributed by atoms with van der Waals surface area (Å²) in [4.78, 5) is 12.3. The lowest BCUT2D eigenvalue weighted by Crippen LogP contribution is -2.20. The molecule has 0 atom stereocenters. The number of hydrogen-bond acceptors (Lipinski definition) is 5. The van der Waals surface area contributed by atoms with Gasteiger partial charge in [0.05, 0.1) is 4.90 Å². The molecule has 2 N–H and O–H groups in total. The van der Waals surface area contributed by atoms with Crippen molar-refractivity contribution >= 4 is 27.3 Å². The molecule has 8 heteroatoms. The number of benzene rings is 4. The lowest BCUT2D eigenvalue weighted by atomic mass is 10.2. The van der Waals surface area contributed by atoms with E-state index in [9.17, 15) is 13.2 Å². The third kappa shape index (κ3) is 7.09. The predicted molar refractivity (Wildman–Crippen MR) is 135 cm³/mol. The maximum Gasteiger partial charge on any atom is 0.262 e. The molecule has 7 nitrogen and oxygen atoms in total. The zero-order valence-electron chi connectivity index (χ0n) is 18.8. The number of rotatable bonds is 10. The fourth-order valence-electron chi connectivity index (χ4n) is 3.16. The minimum atomic E-state index is -3.72. The Balaban J connectivity index is 1.24. The fourth-order valence-corrected chi connectivity index (χ4v) is 4.22. The Morgan fingerprint density at radius 3 is 1.89 bits per heavy atom. The molecule has 0 aromatic heterocycles. The summed E-state index contributed by atoms with van der Waals surface area (Å²) in [5, 5.41) is 2.75. The number of carbonyl (C=O) groups is 1. The Bertz CT molecular complexity index is 1340. The van der Waals surface area contributed by atoms with Gasteiger partial charge in [-0.2, -0.15) is 0 Å². The molecule has 4 aromatic rings. The number of anilines is 2.